The summed E-state index contributed by atoms with van der Waals surface area (Å²) in [5, 5.41) is 11.0. The fourth-order valence-electron chi connectivity index (χ4n) is 4.62. The maximum atomic E-state index is 14.4. The van der Waals surface area contributed by atoms with Gasteiger partial charge >= 0.3 is 6.61 Å². The van der Waals surface area contributed by atoms with E-state index in [1.165, 1.54) is 17.5 Å². The van der Waals surface area contributed by atoms with Crippen molar-refractivity contribution in [2.24, 2.45) is 0 Å². The van der Waals surface area contributed by atoms with E-state index in [0.717, 1.165) is 27.6 Å². The molecule has 0 amide bonds. The minimum absolute atomic E-state index is 0.196. The molecule has 5 nitrogen and oxygen atoms in total. The second-order valence-corrected chi connectivity index (χ2v) is 10.3. The molecule has 1 aliphatic rings. The molecular formula is C24H20ClF4N3O2S. The van der Waals surface area contributed by atoms with Crippen LogP contribution in [0.2, 0.25) is 5.02 Å². The molecular weight excluding hydrogens is 506 g/mol. The van der Waals surface area contributed by atoms with Crippen molar-refractivity contribution in [3.8, 4) is 16.2 Å². The Labute approximate surface area is 206 Å². The number of alkyl halides is 3. The molecule has 0 bridgehead atoms. The largest absolute Gasteiger partial charge is 0.434 e. The first-order valence-electron chi connectivity index (χ1n) is 10.8. The Kier molecular flexibility index (Phi) is 6.23. The third-order valence-corrected chi connectivity index (χ3v) is 7.87. The van der Waals surface area contributed by atoms with Gasteiger partial charge in [-0.1, -0.05) is 11.6 Å². The van der Waals surface area contributed by atoms with Crippen LogP contribution in [0.25, 0.3) is 21.5 Å². The molecule has 35 heavy (non-hydrogen) atoms. The van der Waals surface area contributed by atoms with E-state index in [-0.39, 0.29) is 11.5 Å². The number of thiazole rings is 1. The third-order valence-electron chi connectivity index (χ3n) is 6.28. The number of aromatic amines is 1. The summed E-state index contributed by atoms with van der Waals surface area (Å²) in [5.41, 5.74) is 0.704. The number of pyridine rings is 1. The average Bonchev–Trinajstić information content (AvgIpc) is 3.44. The van der Waals surface area contributed by atoms with E-state index in [1.54, 1.807) is 25.4 Å². The van der Waals surface area contributed by atoms with Gasteiger partial charge in [-0.3, -0.25) is 4.39 Å². The number of halogens is 5. The molecule has 0 unspecified atom stereocenters. The van der Waals surface area contributed by atoms with Gasteiger partial charge in [0.1, 0.15) is 23.9 Å². The molecule has 1 aliphatic carbocycles. The van der Waals surface area contributed by atoms with Crippen LogP contribution >= 0.6 is 22.9 Å². The van der Waals surface area contributed by atoms with Crippen molar-refractivity contribution in [1.82, 2.24) is 15.0 Å². The lowest BCUT2D eigenvalue weighted by molar-refractivity contribution is -0.0506. The second kappa shape index (κ2) is 9.07. The summed E-state index contributed by atoms with van der Waals surface area (Å²) in [6, 6.07) is 3.71. The van der Waals surface area contributed by atoms with Gasteiger partial charge in [0, 0.05) is 46.9 Å². The zero-order valence-corrected chi connectivity index (χ0v) is 19.9. The van der Waals surface area contributed by atoms with E-state index in [4.69, 9.17) is 11.6 Å². The number of rotatable bonds is 7. The number of hydrogen-bond acceptors (Lipinski definition) is 5. The molecule has 184 valence electrons. The smallest absolute Gasteiger partial charge is 0.387 e. The number of ether oxygens (including phenoxy) is 1. The predicted molar refractivity (Wildman–Crippen MR) is 126 cm³/mol. The van der Waals surface area contributed by atoms with Crippen LogP contribution in [0.1, 0.15) is 47.7 Å². The number of H-pyrrole nitrogens is 1. The monoisotopic (exact) mass is 525 g/mol. The third kappa shape index (κ3) is 4.50. The van der Waals surface area contributed by atoms with Crippen LogP contribution in [0.3, 0.4) is 0 Å². The molecule has 0 spiro atoms. The van der Waals surface area contributed by atoms with Gasteiger partial charge in [0.2, 0.25) is 0 Å². The van der Waals surface area contributed by atoms with E-state index in [2.05, 4.69) is 19.7 Å². The standard InChI is InChI=1S/C24H20ClF4N3O2S/c1-24(33)5-12(6-24)22-32-10-18(35-22)11-4-13-15(9-31-21(13)30-8-11)14(7-26)19-17(34-23(28)29)3-2-16(27)20(19)25/h2-4,8-10,12,14,23,33H,5-7H2,1H3,(H,30,31)/t12?,14-,24?/m1/s1. The fraction of sp³-hybridized carbons (Fsp3) is 0.333. The van der Waals surface area contributed by atoms with E-state index in [1.807, 2.05) is 0 Å². The number of benzene rings is 1. The molecule has 0 aliphatic heterocycles. The highest BCUT2D eigenvalue weighted by Crippen LogP contribution is 2.47. The highest BCUT2D eigenvalue weighted by molar-refractivity contribution is 7.15. The van der Waals surface area contributed by atoms with Crippen LogP contribution < -0.4 is 4.74 Å². The first-order chi connectivity index (χ1) is 16.7. The molecule has 1 aromatic carbocycles. The fourth-order valence-corrected chi connectivity index (χ4v) is 5.91. The van der Waals surface area contributed by atoms with Crippen molar-refractivity contribution in [3.63, 3.8) is 0 Å². The van der Waals surface area contributed by atoms with Gasteiger partial charge in [-0.15, -0.1) is 11.3 Å². The minimum atomic E-state index is -3.19. The molecule has 4 aromatic rings. The zero-order chi connectivity index (χ0) is 24.9. The van der Waals surface area contributed by atoms with Crippen LogP contribution in [0.4, 0.5) is 17.6 Å². The van der Waals surface area contributed by atoms with Crippen molar-refractivity contribution in [2.75, 3.05) is 6.67 Å². The highest BCUT2D eigenvalue weighted by Gasteiger charge is 2.40. The lowest BCUT2D eigenvalue weighted by Gasteiger charge is -2.39. The Bertz CT molecular complexity index is 1380. The summed E-state index contributed by atoms with van der Waals surface area (Å²) in [5.74, 6) is -2.24. The van der Waals surface area contributed by atoms with Gasteiger partial charge in [0.15, 0.2) is 0 Å². The summed E-state index contributed by atoms with van der Waals surface area (Å²) >= 11 is 7.60. The van der Waals surface area contributed by atoms with Crippen molar-refractivity contribution in [3.05, 3.63) is 63.8 Å². The SMILES string of the molecule is CC1(O)CC(c2ncc(-c3cnc4[nH]cc([C@@H](CF)c5c(OC(F)F)ccc(F)c5Cl)c4c3)s2)C1. The molecule has 11 heteroatoms. The molecule has 0 radical (unpaired) electrons. The minimum Gasteiger partial charge on any atom is -0.434 e. The molecule has 3 aromatic heterocycles. The normalized spacial score (nSPS) is 20.9. The van der Waals surface area contributed by atoms with Gasteiger partial charge in [-0.25, -0.2) is 14.4 Å². The van der Waals surface area contributed by atoms with Gasteiger partial charge < -0.3 is 14.8 Å². The van der Waals surface area contributed by atoms with Crippen molar-refractivity contribution >= 4 is 34.0 Å². The van der Waals surface area contributed by atoms with Gasteiger partial charge in [-0.05, 0) is 43.5 Å². The van der Waals surface area contributed by atoms with E-state index < -0.39 is 41.4 Å². The number of nitrogens with zero attached hydrogens (tertiary/aromatic N) is 2. The number of nitrogens with one attached hydrogen (secondary N) is 1. The molecule has 1 atom stereocenters. The first kappa shape index (κ1) is 24.0. The van der Waals surface area contributed by atoms with Crippen molar-refractivity contribution in [2.45, 2.75) is 43.8 Å². The quantitative estimate of drug-likeness (QED) is 0.260. The highest BCUT2D eigenvalue weighted by atomic mass is 35.5. The number of aliphatic hydroxyl groups is 1. The molecule has 1 fully saturated rings. The first-order valence-corrected chi connectivity index (χ1v) is 12.0. The maximum absolute atomic E-state index is 14.4. The van der Waals surface area contributed by atoms with E-state index in [9.17, 15) is 22.7 Å². The Morgan fingerprint density at radius 1 is 1.29 bits per heavy atom. The Morgan fingerprint density at radius 2 is 2.06 bits per heavy atom. The van der Waals surface area contributed by atoms with E-state index in [0.29, 0.717) is 29.4 Å². The molecule has 0 saturated heterocycles. The number of fused-ring (bicyclic) bond motifs is 1. The summed E-state index contributed by atoms with van der Waals surface area (Å²) in [4.78, 5) is 12.7. The summed E-state index contributed by atoms with van der Waals surface area (Å²) < 4.78 is 59.1. The molecule has 5 rings (SSSR count). The Hall–Kier alpha value is -2.69. The zero-order valence-electron chi connectivity index (χ0n) is 18.4. The van der Waals surface area contributed by atoms with E-state index >= 15 is 0 Å². The predicted octanol–water partition coefficient (Wildman–Crippen LogP) is 6.81. The molecule has 1 saturated carbocycles. The average molecular weight is 526 g/mol. The Morgan fingerprint density at radius 3 is 2.74 bits per heavy atom. The van der Waals surface area contributed by atoms with Crippen molar-refractivity contribution < 1.29 is 27.4 Å². The number of aromatic nitrogens is 3. The van der Waals surface area contributed by atoms with Crippen LogP contribution in [-0.2, 0) is 0 Å². The number of hydrogen-bond donors (Lipinski definition) is 2. The lowest BCUT2D eigenvalue weighted by atomic mass is 9.72. The van der Waals surface area contributed by atoms with Crippen LogP contribution in [-0.4, -0.2) is 38.9 Å². The van der Waals surface area contributed by atoms with Gasteiger partial charge in [0.25, 0.3) is 0 Å². The summed E-state index contributed by atoms with van der Waals surface area (Å²) in [7, 11) is 0. The van der Waals surface area contributed by atoms with Crippen LogP contribution in [0.15, 0.2) is 36.8 Å². The van der Waals surface area contributed by atoms with Crippen LogP contribution in [0.5, 0.6) is 5.75 Å². The Balaban J connectivity index is 1.54. The van der Waals surface area contributed by atoms with Gasteiger partial charge in [0.05, 0.1) is 20.5 Å². The molecule has 2 N–H and O–H groups in total. The second-order valence-electron chi connectivity index (χ2n) is 8.89. The summed E-state index contributed by atoms with van der Waals surface area (Å²) in [6.45, 7) is -2.42. The maximum Gasteiger partial charge on any atom is 0.387 e. The van der Waals surface area contributed by atoms with Gasteiger partial charge in [-0.2, -0.15) is 8.78 Å². The van der Waals surface area contributed by atoms with Crippen molar-refractivity contribution in [1.29, 1.82) is 0 Å². The van der Waals surface area contributed by atoms with Crippen LogP contribution in [0, 0.1) is 5.82 Å². The lowest BCUT2D eigenvalue weighted by Crippen LogP contribution is -2.39. The topological polar surface area (TPSA) is 71.0 Å². The summed E-state index contributed by atoms with van der Waals surface area (Å²) in [6.07, 6.45) is 6.19. The molecule has 3 heterocycles.